The van der Waals surface area contributed by atoms with Crippen molar-refractivity contribution >= 4 is 11.6 Å². The minimum absolute atomic E-state index is 0.202. The summed E-state index contributed by atoms with van der Waals surface area (Å²) in [6.45, 7) is 4.73. The van der Waals surface area contributed by atoms with Crippen LogP contribution in [0.5, 0.6) is 0 Å². The Balaban J connectivity index is 2.68. The van der Waals surface area contributed by atoms with Crippen LogP contribution >= 0.6 is 11.6 Å². The van der Waals surface area contributed by atoms with E-state index in [9.17, 15) is 5.11 Å². The van der Waals surface area contributed by atoms with Crippen molar-refractivity contribution in [1.29, 1.82) is 0 Å². The maximum Gasteiger partial charge on any atom is 0.0697 e. The van der Waals surface area contributed by atoms with Crippen LogP contribution < -0.4 is 5.32 Å². The van der Waals surface area contributed by atoms with E-state index in [2.05, 4.69) is 5.32 Å². The summed E-state index contributed by atoms with van der Waals surface area (Å²) in [5.41, 5.74) is 0.411. The third-order valence-electron chi connectivity index (χ3n) is 3.05. The molecule has 2 unspecified atom stereocenters. The molecule has 0 aromatic heterocycles. The fraction of sp³-hybridized carbons (Fsp3) is 0.538. The smallest absolute Gasteiger partial charge is 0.0697 e. The van der Waals surface area contributed by atoms with Crippen molar-refractivity contribution in [2.24, 2.45) is 5.92 Å². The van der Waals surface area contributed by atoms with Gasteiger partial charge in [0.05, 0.1) is 5.60 Å². The Hall–Kier alpha value is -0.570. The Kier molecular flexibility index (Phi) is 4.78. The number of hydrogen-bond acceptors (Lipinski definition) is 2. The summed E-state index contributed by atoms with van der Waals surface area (Å²) in [4.78, 5) is 0. The third kappa shape index (κ3) is 3.78. The molecule has 16 heavy (non-hydrogen) atoms. The SMILES string of the molecule is CNCC(C)C(C)(O)Cc1ccc(Cl)cc1. The number of rotatable bonds is 5. The van der Waals surface area contributed by atoms with Crippen LogP contribution in [0.25, 0.3) is 0 Å². The van der Waals surface area contributed by atoms with Crippen LogP contribution in [0.4, 0.5) is 0 Å². The molecule has 0 aliphatic heterocycles. The molecule has 0 amide bonds. The lowest BCUT2D eigenvalue weighted by atomic mass is 9.85. The van der Waals surface area contributed by atoms with Gasteiger partial charge in [-0.1, -0.05) is 30.7 Å². The second-order valence-electron chi connectivity index (χ2n) is 4.62. The Morgan fingerprint density at radius 3 is 2.44 bits per heavy atom. The maximum absolute atomic E-state index is 10.4. The third-order valence-corrected chi connectivity index (χ3v) is 3.30. The minimum Gasteiger partial charge on any atom is -0.390 e. The lowest BCUT2D eigenvalue weighted by molar-refractivity contribution is 0.00762. The molecule has 90 valence electrons. The molecule has 0 saturated carbocycles. The summed E-state index contributed by atoms with van der Waals surface area (Å²) >= 11 is 5.82. The lowest BCUT2D eigenvalue weighted by Gasteiger charge is -2.30. The van der Waals surface area contributed by atoms with Gasteiger partial charge < -0.3 is 10.4 Å². The molecule has 1 aromatic rings. The van der Waals surface area contributed by atoms with E-state index in [0.29, 0.717) is 6.42 Å². The first-order valence-electron chi connectivity index (χ1n) is 5.57. The van der Waals surface area contributed by atoms with Crippen molar-refractivity contribution in [3.63, 3.8) is 0 Å². The summed E-state index contributed by atoms with van der Waals surface area (Å²) < 4.78 is 0. The predicted octanol–water partition coefficient (Wildman–Crippen LogP) is 2.49. The second kappa shape index (κ2) is 5.67. The highest BCUT2D eigenvalue weighted by atomic mass is 35.5. The molecule has 0 fully saturated rings. The first-order chi connectivity index (χ1) is 7.45. The largest absolute Gasteiger partial charge is 0.390 e. The normalized spacial score (nSPS) is 16.8. The van der Waals surface area contributed by atoms with Gasteiger partial charge in [-0.05, 0) is 37.6 Å². The summed E-state index contributed by atoms with van der Waals surface area (Å²) in [6, 6.07) is 7.64. The molecule has 0 aliphatic carbocycles. The van der Waals surface area contributed by atoms with Crippen LogP contribution in [0.15, 0.2) is 24.3 Å². The Morgan fingerprint density at radius 2 is 1.94 bits per heavy atom. The van der Waals surface area contributed by atoms with E-state index >= 15 is 0 Å². The average Bonchev–Trinajstić information content (AvgIpc) is 2.21. The Bertz CT molecular complexity index is 321. The lowest BCUT2D eigenvalue weighted by Crippen LogP contribution is -2.40. The molecule has 0 radical (unpaired) electrons. The second-order valence-corrected chi connectivity index (χ2v) is 5.06. The maximum atomic E-state index is 10.4. The van der Waals surface area contributed by atoms with E-state index in [4.69, 9.17) is 11.6 Å². The molecule has 0 saturated heterocycles. The van der Waals surface area contributed by atoms with Gasteiger partial charge in [-0.2, -0.15) is 0 Å². The molecule has 2 N–H and O–H groups in total. The van der Waals surface area contributed by atoms with Crippen LogP contribution in [0.2, 0.25) is 5.02 Å². The van der Waals surface area contributed by atoms with Gasteiger partial charge in [-0.15, -0.1) is 0 Å². The van der Waals surface area contributed by atoms with Crippen LogP contribution in [0.1, 0.15) is 19.4 Å². The summed E-state index contributed by atoms with van der Waals surface area (Å²) in [7, 11) is 1.90. The molecule has 0 aliphatic rings. The topological polar surface area (TPSA) is 32.3 Å². The van der Waals surface area contributed by atoms with Crippen LogP contribution in [-0.4, -0.2) is 24.3 Å². The van der Waals surface area contributed by atoms with E-state index in [-0.39, 0.29) is 5.92 Å². The quantitative estimate of drug-likeness (QED) is 0.830. The van der Waals surface area contributed by atoms with Gasteiger partial charge in [0.15, 0.2) is 0 Å². The standard InChI is InChI=1S/C13H20ClNO/c1-10(9-15-3)13(2,16)8-11-4-6-12(14)7-5-11/h4-7,10,15-16H,8-9H2,1-3H3. The monoisotopic (exact) mass is 241 g/mol. The summed E-state index contributed by atoms with van der Waals surface area (Å²) in [5, 5.41) is 14.2. The highest BCUT2D eigenvalue weighted by molar-refractivity contribution is 6.30. The molecule has 0 bridgehead atoms. The molecule has 0 heterocycles. The van der Waals surface area contributed by atoms with Crippen molar-refractivity contribution in [3.05, 3.63) is 34.9 Å². The van der Waals surface area contributed by atoms with E-state index in [0.717, 1.165) is 17.1 Å². The Morgan fingerprint density at radius 1 is 1.38 bits per heavy atom. The average molecular weight is 242 g/mol. The van der Waals surface area contributed by atoms with Gasteiger partial charge >= 0.3 is 0 Å². The summed E-state index contributed by atoms with van der Waals surface area (Å²) in [6.07, 6.45) is 0.646. The molecule has 0 spiro atoms. The fourth-order valence-electron chi connectivity index (χ4n) is 1.72. The van der Waals surface area contributed by atoms with Gasteiger partial charge in [-0.25, -0.2) is 0 Å². The number of aliphatic hydroxyl groups is 1. The van der Waals surface area contributed by atoms with Crippen molar-refractivity contribution in [2.45, 2.75) is 25.9 Å². The van der Waals surface area contributed by atoms with Gasteiger partial charge in [0.1, 0.15) is 0 Å². The zero-order valence-electron chi connectivity index (χ0n) is 10.1. The molecular weight excluding hydrogens is 222 g/mol. The Labute approximate surface area is 103 Å². The number of benzene rings is 1. The van der Waals surface area contributed by atoms with Crippen LogP contribution in [0, 0.1) is 5.92 Å². The zero-order chi connectivity index (χ0) is 12.2. The summed E-state index contributed by atoms with van der Waals surface area (Å²) in [5.74, 6) is 0.202. The molecule has 2 atom stereocenters. The highest BCUT2D eigenvalue weighted by Crippen LogP contribution is 2.22. The molecule has 1 aromatic carbocycles. The van der Waals surface area contributed by atoms with Gasteiger partial charge in [-0.3, -0.25) is 0 Å². The van der Waals surface area contributed by atoms with Crippen LogP contribution in [-0.2, 0) is 6.42 Å². The number of halogens is 1. The zero-order valence-corrected chi connectivity index (χ0v) is 10.9. The van der Waals surface area contributed by atoms with Gasteiger partial charge in [0.25, 0.3) is 0 Å². The fourth-order valence-corrected chi connectivity index (χ4v) is 1.84. The first kappa shape index (κ1) is 13.5. The van der Waals surface area contributed by atoms with Crippen LogP contribution in [0.3, 0.4) is 0 Å². The molecular formula is C13H20ClNO. The van der Waals surface area contributed by atoms with Crippen molar-refractivity contribution in [3.8, 4) is 0 Å². The van der Waals surface area contributed by atoms with Crippen molar-refractivity contribution in [2.75, 3.05) is 13.6 Å². The number of hydrogen-bond donors (Lipinski definition) is 2. The minimum atomic E-state index is -0.698. The van der Waals surface area contributed by atoms with Crippen molar-refractivity contribution in [1.82, 2.24) is 5.32 Å². The van der Waals surface area contributed by atoms with Gasteiger partial charge in [0.2, 0.25) is 0 Å². The van der Waals surface area contributed by atoms with E-state index in [1.165, 1.54) is 0 Å². The molecule has 3 heteroatoms. The van der Waals surface area contributed by atoms with E-state index in [1.807, 2.05) is 45.2 Å². The van der Waals surface area contributed by atoms with E-state index < -0.39 is 5.60 Å². The first-order valence-corrected chi connectivity index (χ1v) is 5.95. The highest BCUT2D eigenvalue weighted by Gasteiger charge is 2.27. The molecule has 1 rings (SSSR count). The van der Waals surface area contributed by atoms with Gasteiger partial charge in [0, 0.05) is 18.0 Å². The van der Waals surface area contributed by atoms with E-state index in [1.54, 1.807) is 0 Å². The number of nitrogens with one attached hydrogen (secondary N) is 1. The van der Waals surface area contributed by atoms with Crippen molar-refractivity contribution < 1.29 is 5.11 Å². The predicted molar refractivity (Wildman–Crippen MR) is 68.9 cm³/mol. The molecule has 2 nitrogen and oxygen atoms in total.